The van der Waals surface area contributed by atoms with Crippen LogP contribution in [0.25, 0.3) is 0 Å². The summed E-state index contributed by atoms with van der Waals surface area (Å²) in [6, 6.07) is 13.7. The summed E-state index contributed by atoms with van der Waals surface area (Å²) in [4.78, 5) is 24.1. The van der Waals surface area contributed by atoms with Crippen LogP contribution < -0.4 is 14.8 Å². The normalized spacial score (nSPS) is 14.4. The van der Waals surface area contributed by atoms with E-state index in [0.29, 0.717) is 17.1 Å². The lowest BCUT2D eigenvalue weighted by molar-refractivity contribution is -0.163. The van der Waals surface area contributed by atoms with E-state index in [1.807, 2.05) is 6.07 Å². The van der Waals surface area contributed by atoms with Crippen LogP contribution in [0.2, 0.25) is 0 Å². The van der Waals surface area contributed by atoms with Gasteiger partial charge in [0, 0.05) is 6.54 Å². The lowest BCUT2D eigenvalue weighted by atomic mass is 10.1. The van der Waals surface area contributed by atoms with Gasteiger partial charge in [0.25, 0.3) is 5.91 Å². The molecule has 2 aromatic rings. The first-order valence-corrected chi connectivity index (χ1v) is 8.14. The number of nitrogens with one attached hydrogen (secondary N) is 1. The molecule has 0 bridgehead atoms. The highest BCUT2D eigenvalue weighted by Gasteiger charge is 2.24. The van der Waals surface area contributed by atoms with Gasteiger partial charge in [-0.1, -0.05) is 36.4 Å². The van der Waals surface area contributed by atoms with Crippen molar-refractivity contribution in [2.24, 2.45) is 0 Å². The molecule has 7 heteroatoms. The van der Waals surface area contributed by atoms with Crippen LogP contribution >= 0.6 is 0 Å². The Morgan fingerprint density at radius 3 is 2.65 bits per heavy atom. The van der Waals surface area contributed by atoms with Crippen LogP contribution in [0, 0.1) is 0 Å². The number of ether oxygens (including phenoxy) is 3. The number of benzene rings is 2. The highest BCUT2D eigenvalue weighted by atomic mass is 16.7. The number of rotatable bonds is 6. The van der Waals surface area contributed by atoms with Crippen LogP contribution in [0.5, 0.6) is 11.5 Å². The summed E-state index contributed by atoms with van der Waals surface area (Å²) in [6.07, 6.45) is -2.46. The van der Waals surface area contributed by atoms with Gasteiger partial charge in [0.2, 0.25) is 6.79 Å². The third-order valence-corrected chi connectivity index (χ3v) is 3.90. The minimum Gasteiger partial charge on any atom is -0.454 e. The molecule has 0 saturated heterocycles. The van der Waals surface area contributed by atoms with Crippen molar-refractivity contribution in [1.82, 2.24) is 5.32 Å². The number of aliphatic hydroxyl groups excluding tert-OH is 1. The molecule has 26 heavy (non-hydrogen) atoms. The molecule has 0 unspecified atom stereocenters. The van der Waals surface area contributed by atoms with Crippen molar-refractivity contribution >= 4 is 11.9 Å². The van der Waals surface area contributed by atoms with Crippen LogP contribution in [0.4, 0.5) is 0 Å². The summed E-state index contributed by atoms with van der Waals surface area (Å²) in [5, 5.41) is 12.7. The molecule has 1 heterocycles. The second-order valence-corrected chi connectivity index (χ2v) is 5.80. The van der Waals surface area contributed by atoms with E-state index in [1.54, 1.807) is 42.5 Å². The van der Waals surface area contributed by atoms with E-state index in [4.69, 9.17) is 14.2 Å². The van der Waals surface area contributed by atoms with Crippen LogP contribution in [0.1, 0.15) is 24.2 Å². The molecule has 136 valence electrons. The van der Waals surface area contributed by atoms with E-state index in [2.05, 4.69) is 5.32 Å². The van der Waals surface area contributed by atoms with E-state index in [9.17, 15) is 14.7 Å². The number of carbonyl (C=O) groups is 2. The maximum absolute atomic E-state index is 12.1. The van der Waals surface area contributed by atoms with Gasteiger partial charge >= 0.3 is 5.97 Å². The third kappa shape index (κ3) is 4.12. The van der Waals surface area contributed by atoms with Gasteiger partial charge in [-0.2, -0.15) is 0 Å². The van der Waals surface area contributed by atoms with Crippen molar-refractivity contribution in [3.63, 3.8) is 0 Å². The Bertz CT molecular complexity index is 792. The van der Waals surface area contributed by atoms with Gasteiger partial charge in [0.15, 0.2) is 23.7 Å². The van der Waals surface area contributed by atoms with Crippen molar-refractivity contribution in [1.29, 1.82) is 0 Å². The number of carbonyl (C=O) groups excluding carboxylic acids is 2. The minimum atomic E-state index is -1.43. The van der Waals surface area contributed by atoms with Gasteiger partial charge in [0.1, 0.15) is 0 Å². The van der Waals surface area contributed by atoms with E-state index in [0.717, 1.165) is 5.56 Å². The summed E-state index contributed by atoms with van der Waals surface area (Å²) >= 11 is 0. The Hall–Kier alpha value is -3.06. The largest absolute Gasteiger partial charge is 0.454 e. The number of fused-ring (bicyclic) bond motifs is 1. The summed E-state index contributed by atoms with van der Waals surface area (Å²) in [5.41, 5.74) is 1.23. The van der Waals surface area contributed by atoms with Crippen molar-refractivity contribution in [2.45, 2.75) is 25.7 Å². The number of amides is 1. The van der Waals surface area contributed by atoms with E-state index < -0.39 is 24.1 Å². The van der Waals surface area contributed by atoms with Gasteiger partial charge in [-0.15, -0.1) is 0 Å². The molecule has 0 aliphatic carbocycles. The molecule has 0 fully saturated rings. The number of esters is 1. The first-order chi connectivity index (χ1) is 12.5. The van der Waals surface area contributed by atoms with Gasteiger partial charge < -0.3 is 24.6 Å². The molecule has 0 aromatic heterocycles. The van der Waals surface area contributed by atoms with Crippen LogP contribution in [0.15, 0.2) is 48.5 Å². The van der Waals surface area contributed by atoms with Crippen molar-refractivity contribution in [3.8, 4) is 11.5 Å². The monoisotopic (exact) mass is 357 g/mol. The van der Waals surface area contributed by atoms with Gasteiger partial charge in [-0.25, -0.2) is 4.79 Å². The van der Waals surface area contributed by atoms with E-state index in [-0.39, 0.29) is 13.3 Å². The average molecular weight is 357 g/mol. The average Bonchev–Trinajstić information content (AvgIpc) is 3.13. The van der Waals surface area contributed by atoms with Crippen molar-refractivity contribution in [2.75, 3.05) is 6.79 Å². The Kier molecular flexibility index (Phi) is 5.38. The molecule has 7 nitrogen and oxygen atoms in total. The summed E-state index contributed by atoms with van der Waals surface area (Å²) in [6.45, 7) is 1.88. The Morgan fingerprint density at radius 1 is 1.15 bits per heavy atom. The van der Waals surface area contributed by atoms with Crippen LogP contribution in [0.3, 0.4) is 0 Å². The summed E-state index contributed by atoms with van der Waals surface area (Å²) in [5.74, 6) is -0.0438. The molecular weight excluding hydrogens is 338 g/mol. The number of hydrogen-bond acceptors (Lipinski definition) is 6. The minimum absolute atomic E-state index is 0.182. The molecule has 0 saturated carbocycles. The molecular formula is C19H19NO6. The Balaban J connectivity index is 1.50. The first-order valence-electron chi connectivity index (χ1n) is 8.14. The fourth-order valence-electron chi connectivity index (χ4n) is 2.45. The zero-order valence-electron chi connectivity index (χ0n) is 14.2. The molecule has 3 rings (SSSR count). The zero-order valence-corrected chi connectivity index (χ0v) is 14.2. The summed E-state index contributed by atoms with van der Waals surface area (Å²) < 4.78 is 15.6. The van der Waals surface area contributed by atoms with E-state index >= 15 is 0 Å². The second kappa shape index (κ2) is 7.88. The fraction of sp³-hybridized carbons (Fsp3) is 0.263. The predicted molar refractivity (Wildman–Crippen MR) is 91.4 cm³/mol. The standard InChI is InChI=1S/C19H19NO6/c1-12(26-19(23)17(21)14-5-3-2-4-6-14)18(22)20-10-13-7-8-15-16(9-13)25-11-24-15/h2-9,12,17,21H,10-11H2,1H3,(H,20,22)/t12-,17-/m0/s1. The lowest BCUT2D eigenvalue weighted by Crippen LogP contribution is -2.36. The maximum atomic E-state index is 12.1. The molecule has 0 radical (unpaired) electrons. The fourth-order valence-corrected chi connectivity index (χ4v) is 2.45. The quantitative estimate of drug-likeness (QED) is 0.764. The Morgan fingerprint density at radius 2 is 1.88 bits per heavy atom. The summed E-state index contributed by atoms with van der Waals surface area (Å²) in [7, 11) is 0. The highest BCUT2D eigenvalue weighted by molar-refractivity contribution is 5.84. The molecule has 1 aliphatic rings. The third-order valence-electron chi connectivity index (χ3n) is 3.90. The zero-order chi connectivity index (χ0) is 18.5. The topological polar surface area (TPSA) is 94.1 Å². The van der Waals surface area contributed by atoms with Crippen LogP contribution in [-0.2, 0) is 20.9 Å². The predicted octanol–water partition coefficient (Wildman–Crippen LogP) is 1.70. The Labute approximate surface area is 150 Å². The highest BCUT2D eigenvalue weighted by Crippen LogP contribution is 2.32. The van der Waals surface area contributed by atoms with Gasteiger partial charge in [-0.3, -0.25) is 4.79 Å². The second-order valence-electron chi connectivity index (χ2n) is 5.80. The van der Waals surface area contributed by atoms with Crippen LogP contribution in [-0.4, -0.2) is 29.9 Å². The smallest absolute Gasteiger partial charge is 0.340 e. The lowest BCUT2D eigenvalue weighted by Gasteiger charge is -2.16. The van der Waals surface area contributed by atoms with E-state index in [1.165, 1.54) is 6.92 Å². The van der Waals surface area contributed by atoms with Crippen molar-refractivity contribution in [3.05, 3.63) is 59.7 Å². The molecule has 2 N–H and O–H groups in total. The molecule has 0 spiro atoms. The molecule has 1 amide bonds. The molecule has 2 aromatic carbocycles. The van der Waals surface area contributed by atoms with Gasteiger partial charge in [0.05, 0.1) is 0 Å². The number of aliphatic hydroxyl groups is 1. The first kappa shape index (κ1) is 17.8. The number of hydrogen-bond donors (Lipinski definition) is 2. The maximum Gasteiger partial charge on any atom is 0.340 e. The van der Waals surface area contributed by atoms with Crippen molar-refractivity contribution < 1.29 is 28.9 Å². The molecule has 2 atom stereocenters. The van der Waals surface area contributed by atoms with Gasteiger partial charge in [-0.05, 0) is 30.2 Å². The molecule has 1 aliphatic heterocycles. The SMILES string of the molecule is C[C@H](OC(=O)[C@@H](O)c1ccccc1)C(=O)NCc1ccc2c(c1)OCO2.